The first kappa shape index (κ1) is 9.15. The van der Waals surface area contributed by atoms with Crippen molar-refractivity contribution in [2.75, 3.05) is 5.32 Å². The van der Waals surface area contributed by atoms with Gasteiger partial charge in [0, 0.05) is 16.8 Å². The zero-order valence-electron chi connectivity index (χ0n) is 7.90. The maximum Gasteiger partial charge on any atom is 0.223 e. The Morgan fingerprint density at radius 2 is 2.36 bits per heavy atom. The van der Waals surface area contributed by atoms with Crippen molar-refractivity contribution >= 4 is 17.3 Å². The van der Waals surface area contributed by atoms with Gasteiger partial charge in [0.05, 0.1) is 6.54 Å². The minimum atomic E-state index is 0.693. The number of nitrogens with one attached hydrogen (secondary N) is 1. The summed E-state index contributed by atoms with van der Waals surface area (Å²) in [5.74, 6) is 0.693. The van der Waals surface area contributed by atoms with E-state index in [0.29, 0.717) is 5.95 Å². The lowest BCUT2D eigenvalue weighted by molar-refractivity contribution is 1.04. The second-order valence-corrected chi connectivity index (χ2v) is 3.99. The van der Waals surface area contributed by atoms with Crippen LogP contribution in [-0.4, -0.2) is 9.97 Å². The van der Waals surface area contributed by atoms with Crippen LogP contribution in [0.5, 0.6) is 0 Å². The molecule has 0 unspecified atom stereocenters. The van der Waals surface area contributed by atoms with Gasteiger partial charge in [-0.3, -0.25) is 0 Å². The fraction of sp³-hybridized carbons (Fsp3) is 0.200. The molecule has 2 rings (SSSR count). The molecular formula is C10H11N3S. The monoisotopic (exact) mass is 205 g/mol. The van der Waals surface area contributed by atoms with Gasteiger partial charge in [-0.25, -0.2) is 9.97 Å². The normalized spacial score (nSPS) is 10.1. The summed E-state index contributed by atoms with van der Waals surface area (Å²) in [5.41, 5.74) is 0.980. The third-order valence-corrected chi connectivity index (χ3v) is 2.67. The summed E-state index contributed by atoms with van der Waals surface area (Å²) in [7, 11) is 0. The topological polar surface area (TPSA) is 37.8 Å². The van der Waals surface area contributed by atoms with Crippen molar-refractivity contribution < 1.29 is 0 Å². The second kappa shape index (κ2) is 4.19. The highest BCUT2D eigenvalue weighted by Crippen LogP contribution is 2.10. The van der Waals surface area contributed by atoms with Gasteiger partial charge < -0.3 is 5.32 Å². The van der Waals surface area contributed by atoms with Crippen molar-refractivity contribution in [1.82, 2.24) is 9.97 Å². The first-order chi connectivity index (χ1) is 6.84. The van der Waals surface area contributed by atoms with E-state index >= 15 is 0 Å². The fourth-order valence-corrected chi connectivity index (χ4v) is 1.76. The van der Waals surface area contributed by atoms with Gasteiger partial charge in [0.25, 0.3) is 0 Å². The van der Waals surface area contributed by atoms with E-state index in [1.54, 1.807) is 17.5 Å². The molecular weight excluding hydrogens is 194 g/mol. The van der Waals surface area contributed by atoms with E-state index in [1.165, 1.54) is 4.88 Å². The zero-order valence-corrected chi connectivity index (χ0v) is 8.71. The van der Waals surface area contributed by atoms with Crippen molar-refractivity contribution in [3.05, 3.63) is 40.3 Å². The number of thiophene rings is 1. The Bertz CT molecular complexity index is 398. The summed E-state index contributed by atoms with van der Waals surface area (Å²) in [4.78, 5) is 9.66. The molecule has 0 saturated heterocycles. The molecule has 1 N–H and O–H groups in total. The Kier molecular flexibility index (Phi) is 2.74. The first-order valence-corrected chi connectivity index (χ1v) is 5.28. The van der Waals surface area contributed by atoms with Gasteiger partial charge in [0.2, 0.25) is 5.95 Å². The summed E-state index contributed by atoms with van der Waals surface area (Å²) in [6.07, 6.45) is 1.76. The minimum Gasteiger partial charge on any atom is -0.349 e. The van der Waals surface area contributed by atoms with E-state index in [0.717, 1.165) is 12.2 Å². The molecule has 0 atom stereocenters. The van der Waals surface area contributed by atoms with Crippen LogP contribution >= 0.6 is 11.3 Å². The van der Waals surface area contributed by atoms with Crippen molar-refractivity contribution in [3.63, 3.8) is 0 Å². The molecule has 0 aliphatic heterocycles. The third-order valence-electron chi connectivity index (χ3n) is 1.80. The van der Waals surface area contributed by atoms with Gasteiger partial charge in [-0.2, -0.15) is 0 Å². The second-order valence-electron chi connectivity index (χ2n) is 2.95. The Morgan fingerprint density at radius 3 is 3.07 bits per heavy atom. The van der Waals surface area contributed by atoms with Crippen LogP contribution in [0, 0.1) is 6.92 Å². The van der Waals surface area contributed by atoms with Gasteiger partial charge in [0.15, 0.2) is 0 Å². The van der Waals surface area contributed by atoms with E-state index in [4.69, 9.17) is 0 Å². The molecule has 2 aromatic rings. The molecule has 0 amide bonds. The van der Waals surface area contributed by atoms with Crippen molar-refractivity contribution in [3.8, 4) is 0 Å². The number of aryl methyl sites for hydroxylation is 1. The Balaban J connectivity index is 1.98. The Morgan fingerprint density at radius 1 is 1.43 bits per heavy atom. The van der Waals surface area contributed by atoms with Crippen LogP contribution in [0.1, 0.15) is 10.6 Å². The van der Waals surface area contributed by atoms with Crippen LogP contribution in [0.25, 0.3) is 0 Å². The number of aromatic nitrogens is 2. The summed E-state index contributed by atoms with van der Waals surface area (Å²) in [5, 5.41) is 5.24. The Labute approximate surface area is 86.8 Å². The van der Waals surface area contributed by atoms with Gasteiger partial charge in [0.1, 0.15) is 0 Å². The van der Waals surface area contributed by atoms with Crippen LogP contribution in [0.3, 0.4) is 0 Å². The number of nitrogens with zero attached hydrogens (tertiary/aromatic N) is 2. The predicted octanol–water partition coefficient (Wildman–Crippen LogP) is 2.46. The smallest absolute Gasteiger partial charge is 0.223 e. The van der Waals surface area contributed by atoms with Crippen LogP contribution in [0.4, 0.5) is 5.95 Å². The number of anilines is 1. The molecule has 0 bridgehead atoms. The maximum absolute atomic E-state index is 4.26. The Hall–Kier alpha value is -1.42. The van der Waals surface area contributed by atoms with Gasteiger partial charge in [-0.15, -0.1) is 11.3 Å². The summed E-state index contributed by atoms with van der Waals surface area (Å²) >= 11 is 1.73. The molecule has 4 heteroatoms. The third kappa shape index (κ3) is 2.29. The average Bonchev–Trinajstić information content (AvgIpc) is 2.67. The lowest BCUT2D eigenvalue weighted by Gasteiger charge is -2.02. The zero-order chi connectivity index (χ0) is 9.80. The quantitative estimate of drug-likeness (QED) is 0.836. The average molecular weight is 205 g/mol. The van der Waals surface area contributed by atoms with Crippen molar-refractivity contribution in [2.45, 2.75) is 13.5 Å². The van der Waals surface area contributed by atoms with E-state index in [9.17, 15) is 0 Å². The van der Waals surface area contributed by atoms with E-state index < -0.39 is 0 Å². The van der Waals surface area contributed by atoms with Crippen LogP contribution in [-0.2, 0) is 6.54 Å². The van der Waals surface area contributed by atoms with Crippen LogP contribution in [0.2, 0.25) is 0 Å². The van der Waals surface area contributed by atoms with Crippen molar-refractivity contribution in [1.29, 1.82) is 0 Å². The standard InChI is InChI=1S/C10H11N3S/c1-8-4-5-11-10(13-8)12-7-9-3-2-6-14-9/h2-6H,7H2,1H3,(H,11,12,13). The van der Waals surface area contributed by atoms with E-state index in [2.05, 4.69) is 26.7 Å². The highest BCUT2D eigenvalue weighted by molar-refractivity contribution is 7.09. The maximum atomic E-state index is 4.26. The molecule has 0 aromatic carbocycles. The largest absolute Gasteiger partial charge is 0.349 e. The fourth-order valence-electron chi connectivity index (χ4n) is 1.11. The summed E-state index contributed by atoms with van der Waals surface area (Å²) in [6, 6.07) is 6.02. The molecule has 14 heavy (non-hydrogen) atoms. The molecule has 72 valence electrons. The summed E-state index contributed by atoms with van der Waals surface area (Å²) in [6.45, 7) is 2.75. The highest BCUT2D eigenvalue weighted by atomic mass is 32.1. The molecule has 0 fully saturated rings. The van der Waals surface area contributed by atoms with Crippen LogP contribution in [0.15, 0.2) is 29.8 Å². The molecule has 0 aliphatic carbocycles. The SMILES string of the molecule is Cc1ccnc(NCc2cccs2)n1. The predicted molar refractivity (Wildman–Crippen MR) is 58.4 cm³/mol. The molecule has 2 aromatic heterocycles. The van der Waals surface area contributed by atoms with Gasteiger partial charge in [-0.1, -0.05) is 6.07 Å². The van der Waals surface area contributed by atoms with Gasteiger partial charge >= 0.3 is 0 Å². The molecule has 2 heterocycles. The van der Waals surface area contributed by atoms with Crippen LogP contribution < -0.4 is 5.32 Å². The number of hydrogen-bond donors (Lipinski definition) is 1. The molecule has 3 nitrogen and oxygen atoms in total. The molecule has 0 aliphatic rings. The lowest BCUT2D eigenvalue weighted by atomic mass is 10.4. The van der Waals surface area contributed by atoms with E-state index in [-0.39, 0.29) is 0 Å². The lowest BCUT2D eigenvalue weighted by Crippen LogP contribution is -2.02. The summed E-state index contributed by atoms with van der Waals surface area (Å²) < 4.78 is 0. The first-order valence-electron chi connectivity index (χ1n) is 4.40. The van der Waals surface area contributed by atoms with Gasteiger partial charge in [-0.05, 0) is 24.4 Å². The van der Waals surface area contributed by atoms with Crippen molar-refractivity contribution in [2.24, 2.45) is 0 Å². The van der Waals surface area contributed by atoms with E-state index in [1.807, 2.05) is 19.1 Å². The minimum absolute atomic E-state index is 0.693. The molecule has 0 saturated carbocycles. The molecule has 0 spiro atoms. The highest BCUT2D eigenvalue weighted by Gasteiger charge is 1.96. The number of hydrogen-bond acceptors (Lipinski definition) is 4. The molecule has 0 radical (unpaired) electrons. The number of rotatable bonds is 3.